The molecule has 0 rings (SSSR count). The highest BCUT2D eigenvalue weighted by molar-refractivity contribution is 7.59. The zero-order chi connectivity index (χ0) is 2.71. The summed E-state index contributed by atoms with van der Waals surface area (Å²) >= 11 is 0. The van der Waals surface area contributed by atoms with Crippen LogP contribution in [0.3, 0.4) is 0 Å². The van der Waals surface area contributed by atoms with Gasteiger partial charge in [-0.25, -0.2) is 0 Å². The Kier molecular flexibility index (Phi) is 22.0. The van der Waals surface area contributed by atoms with Crippen molar-refractivity contribution in [1.29, 1.82) is 0 Å². The molecule has 0 saturated heterocycles. The van der Waals surface area contributed by atoms with Crippen molar-refractivity contribution < 1.29 is 0 Å². The first-order valence-electron chi connectivity index (χ1n) is 1.15. The molecule has 0 spiro atoms. The highest BCUT2D eigenvalue weighted by atomic mass is 32.1. The Balaban J connectivity index is 0. The molecular weight excluding hydrogens is 66.9 g/mol. The number of hydrogen-bond acceptors (Lipinski definition) is 0. The van der Waals surface area contributed by atoms with Crippen molar-refractivity contribution >= 4 is 20.8 Å². The molecule has 1 radical (unpaired) electrons. The average Bonchev–Trinajstić information content (AvgIpc) is 0.918. The van der Waals surface area contributed by atoms with Gasteiger partial charge >= 0.3 is 0 Å². The zero-order valence-corrected chi connectivity index (χ0v) is 4.08. The molecule has 0 atom stereocenters. The summed E-state index contributed by atoms with van der Waals surface area (Å²) in [5, 5.41) is 0. The fourth-order valence-electron chi connectivity index (χ4n) is 0. The van der Waals surface area contributed by atoms with Crippen molar-refractivity contribution in [3.8, 4) is 0 Å². The third-order valence-corrected chi connectivity index (χ3v) is 0. The monoisotopic (exact) mass is 75.0 g/mol. The van der Waals surface area contributed by atoms with E-state index in [1.165, 1.54) is 0 Å². The van der Waals surface area contributed by atoms with E-state index in [9.17, 15) is 0 Å². The molecule has 0 N–H and O–H groups in total. The summed E-state index contributed by atoms with van der Waals surface area (Å²) in [4.78, 5) is 0. The molecule has 0 aliphatic rings. The molecule has 0 aromatic heterocycles. The van der Waals surface area contributed by atoms with Gasteiger partial charge in [-0.2, -0.15) is 13.5 Å². The first-order chi connectivity index (χ1) is 1.41. The minimum atomic E-state index is 0. The lowest BCUT2D eigenvalue weighted by molar-refractivity contribution is 2.14. The molecule has 0 aliphatic heterocycles. The minimum Gasteiger partial charge on any atom is -0.197 e. The van der Waals surface area contributed by atoms with Crippen LogP contribution < -0.4 is 0 Å². The summed E-state index contributed by atoms with van der Waals surface area (Å²) in [6.45, 7) is 4.00. The molecule has 0 aliphatic carbocycles. The predicted octanol–water partition coefficient (Wildman–Crippen LogP) is 0.900. The van der Waals surface area contributed by atoms with Crippen molar-refractivity contribution in [3.63, 3.8) is 0 Å². The fraction of sp³-hybridized carbons (Fsp3) is 1.00. The van der Waals surface area contributed by atoms with E-state index in [0.29, 0.717) is 0 Å². The van der Waals surface area contributed by atoms with Crippen molar-refractivity contribution in [3.05, 3.63) is 0 Å². The topological polar surface area (TPSA) is 0 Å². The second-order valence-corrected chi connectivity index (χ2v) is 0.577. The molecular formula is C2H8BS. The SMILES string of the molecule is C[B]C.S. The third-order valence-electron chi connectivity index (χ3n) is 0. The first kappa shape index (κ1) is 8.83. The summed E-state index contributed by atoms with van der Waals surface area (Å²) < 4.78 is 0. The Labute approximate surface area is 35.3 Å². The standard InChI is InChI=1S/C2H6B.H2S/c1-3-2;/h1-2H3;1H2. The van der Waals surface area contributed by atoms with Crippen molar-refractivity contribution in [2.75, 3.05) is 0 Å². The van der Waals surface area contributed by atoms with Crippen LogP contribution in [0, 0.1) is 0 Å². The van der Waals surface area contributed by atoms with Gasteiger partial charge in [0.2, 0.25) is 0 Å². The van der Waals surface area contributed by atoms with Gasteiger partial charge in [0.05, 0.1) is 0 Å². The zero-order valence-electron chi connectivity index (χ0n) is 3.08. The molecule has 0 fully saturated rings. The van der Waals surface area contributed by atoms with Crippen LogP contribution in [0.5, 0.6) is 0 Å². The lowest BCUT2D eigenvalue weighted by atomic mass is 9.88. The van der Waals surface area contributed by atoms with Gasteiger partial charge in [-0.15, -0.1) is 0 Å². The summed E-state index contributed by atoms with van der Waals surface area (Å²) in [6.07, 6.45) is 0. The Morgan fingerprint density at radius 2 is 1.25 bits per heavy atom. The van der Waals surface area contributed by atoms with Crippen molar-refractivity contribution in [2.24, 2.45) is 0 Å². The maximum absolute atomic E-state index is 2.00. The van der Waals surface area contributed by atoms with E-state index in [1.807, 2.05) is 20.9 Å². The second-order valence-electron chi connectivity index (χ2n) is 0.577. The van der Waals surface area contributed by atoms with E-state index in [4.69, 9.17) is 0 Å². The predicted molar refractivity (Wildman–Crippen MR) is 27.9 cm³/mol. The fourth-order valence-corrected chi connectivity index (χ4v) is 0. The molecule has 0 aromatic carbocycles. The largest absolute Gasteiger partial charge is 0.197 e. The average molecular weight is 75.0 g/mol. The maximum atomic E-state index is 2.00. The van der Waals surface area contributed by atoms with Crippen LogP contribution in [0.4, 0.5) is 0 Å². The van der Waals surface area contributed by atoms with E-state index in [0.717, 1.165) is 0 Å². The molecule has 4 heavy (non-hydrogen) atoms. The molecule has 0 heterocycles. The van der Waals surface area contributed by atoms with Crippen LogP contribution in [0.25, 0.3) is 0 Å². The van der Waals surface area contributed by atoms with Crippen LogP contribution in [0.15, 0.2) is 0 Å². The second kappa shape index (κ2) is 9.95. The van der Waals surface area contributed by atoms with E-state index in [-0.39, 0.29) is 13.5 Å². The van der Waals surface area contributed by atoms with Crippen molar-refractivity contribution in [2.45, 2.75) is 13.6 Å². The number of hydrogen-bond donors (Lipinski definition) is 0. The van der Waals surface area contributed by atoms with Crippen LogP contribution >= 0.6 is 13.5 Å². The van der Waals surface area contributed by atoms with E-state index < -0.39 is 0 Å². The van der Waals surface area contributed by atoms with Gasteiger partial charge in [0.25, 0.3) is 0 Å². The van der Waals surface area contributed by atoms with E-state index >= 15 is 0 Å². The van der Waals surface area contributed by atoms with Gasteiger partial charge in [0.15, 0.2) is 0 Å². The minimum absolute atomic E-state index is 0. The Morgan fingerprint density at radius 3 is 1.25 bits per heavy atom. The first-order valence-corrected chi connectivity index (χ1v) is 1.15. The van der Waals surface area contributed by atoms with Crippen LogP contribution in [-0.4, -0.2) is 7.28 Å². The molecule has 25 valence electrons. The molecule has 0 nitrogen and oxygen atoms in total. The highest BCUT2D eigenvalue weighted by Crippen LogP contribution is 1.36. The van der Waals surface area contributed by atoms with Crippen LogP contribution in [0.2, 0.25) is 13.6 Å². The molecule has 0 saturated carbocycles. The van der Waals surface area contributed by atoms with Gasteiger partial charge in [0, 0.05) is 0 Å². The summed E-state index contributed by atoms with van der Waals surface area (Å²) in [7, 11) is 2.00. The van der Waals surface area contributed by atoms with E-state index in [1.54, 1.807) is 0 Å². The summed E-state index contributed by atoms with van der Waals surface area (Å²) in [5.41, 5.74) is 0. The highest BCUT2D eigenvalue weighted by Gasteiger charge is 1.42. The number of rotatable bonds is 0. The van der Waals surface area contributed by atoms with Gasteiger partial charge in [-0.1, -0.05) is 13.6 Å². The van der Waals surface area contributed by atoms with Gasteiger partial charge in [-0.3, -0.25) is 0 Å². The smallest absolute Gasteiger partial charge is 0.102 e. The quantitative estimate of drug-likeness (QED) is 0.375. The Hall–Kier alpha value is 0.415. The van der Waals surface area contributed by atoms with Crippen LogP contribution in [-0.2, 0) is 0 Å². The molecule has 2 heteroatoms. The molecule has 0 amide bonds. The van der Waals surface area contributed by atoms with E-state index in [2.05, 4.69) is 0 Å². The van der Waals surface area contributed by atoms with Gasteiger partial charge < -0.3 is 0 Å². The summed E-state index contributed by atoms with van der Waals surface area (Å²) in [5.74, 6) is 0. The molecule has 0 unspecified atom stereocenters. The normalized spacial score (nSPS) is 3.50. The third kappa shape index (κ3) is 28.1. The Morgan fingerprint density at radius 1 is 1.25 bits per heavy atom. The Bertz CT molecular complexity index is 6.00. The van der Waals surface area contributed by atoms with Gasteiger partial charge in [0.1, 0.15) is 7.28 Å². The molecule has 0 aromatic rings. The van der Waals surface area contributed by atoms with Crippen LogP contribution in [0.1, 0.15) is 0 Å². The summed E-state index contributed by atoms with van der Waals surface area (Å²) in [6, 6.07) is 0. The lowest BCUT2D eigenvalue weighted by Gasteiger charge is -1.41. The van der Waals surface area contributed by atoms with Gasteiger partial charge in [-0.05, 0) is 0 Å². The maximum Gasteiger partial charge on any atom is 0.102 e. The lowest BCUT2D eigenvalue weighted by Crippen LogP contribution is -1.53. The molecule has 0 bridgehead atoms. The van der Waals surface area contributed by atoms with Crippen molar-refractivity contribution in [1.82, 2.24) is 0 Å².